The van der Waals surface area contributed by atoms with E-state index in [1.165, 1.54) is 17.8 Å². The molecule has 0 bridgehead atoms. The van der Waals surface area contributed by atoms with Gasteiger partial charge in [0.25, 0.3) is 0 Å². The number of thiazole rings is 1. The van der Waals surface area contributed by atoms with Crippen LogP contribution in [0.4, 0.5) is 10.8 Å². The second-order valence-electron chi connectivity index (χ2n) is 8.58. The van der Waals surface area contributed by atoms with Gasteiger partial charge in [0.05, 0.1) is 11.7 Å². The maximum Gasteiger partial charge on any atom is 0.244 e. The van der Waals surface area contributed by atoms with Crippen LogP contribution in [0.15, 0.2) is 60.0 Å². The van der Waals surface area contributed by atoms with Gasteiger partial charge in [0.1, 0.15) is 6.54 Å². The molecule has 33 heavy (non-hydrogen) atoms. The second-order valence-corrected chi connectivity index (χ2v) is 9.47. The number of nitrogen functional groups attached to an aromatic ring is 1. The minimum absolute atomic E-state index is 0.00235. The molecule has 2 amide bonds. The average Bonchev–Trinajstić information content (AvgIpc) is 3.29. The number of amides is 2. The summed E-state index contributed by atoms with van der Waals surface area (Å²) < 4.78 is 0. The Hall–Kier alpha value is -3.19. The fourth-order valence-electron chi connectivity index (χ4n) is 4.40. The third-order valence-electron chi connectivity index (χ3n) is 6.29. The van der Waals surface area contributed by atoms with Crippen molar-refractivity contribution in [3.05, 3.63) is 65.5 Å². The second kappa shape index (κ2) is 10.6. The highest BCUT2D eigenvalue weighted by Crippen LogP contribution is 2.30. The van der Waals surface area contributed by atoms with Crippen LogP contribution in [0.1, 0.15) is 50.6 Å². The first-order chi connectivity index (χ1) is 16.0. The average molecular weight is 463 g/mol. The number of anilines is 2. The lowest BCUT2D eigenvalue weighted by Crippen LogP contribution is -2.43. The monoisotopic (exact) mass is 462 g/mol. The van der Waals surface area contributed by atoms with E-state index in [-0.39, 0.29) is 30.3 Å². The van der Waals surface area contributed by atoms with Crippen molar-refractivity contribution in [3.63, 3.8) is 0 Å². The fourth-order valence-corrected chi connectivity index (χ4v) is 4.97. The standard InChI is InChI=1S/C26H30N4O2S/c1-18(19-8-4-2-5-9-19)30(25(32)21-10-6-3-7-11-21)16-24(31)28-22-14-12-20(13-15-22)23-17-33-26(27)29-23/h2,4-5,8-9,12-15,17-18,21H,3,6-7,10-11,16H2,1H3,(H2,27,29)(H,28,31)/t18-/m0/s1. The number of aromatic nitrogens is 1. The topological polar surface area (TPSA) is 88.3 Å². The Kier molecular flexibility index (Phi) is 7.40. The first-order valence-corrected chi connectivity index (χ1v) is 12.4. The molecular formula is C26H30N4O2S. The summed E-state index contributed by atoms with van der Waals surface area (Å²) in [4.78, 5) is 32.4. The predicted molar refractivity (Wildman–Crippen MR) is 134 cm³/mol. The van der Waals surface area contributed by atoms with Crippen LogP contribution >= 0.6 is 11.3 Å². The van der Waals surface area contributed by atoms with E-state index in [0.29, 0.717) is 10.8 Å². The van der Waals surface area contributed by atoms with Gasteiger partial charge < -0.3 is 16.0 Å². The van der Waals surface area contributed by atoms with Crippen molar-refractivity contribution in [3.8, 4) is 11.3 Å². The van der Waals surface area contributed by atoms with Crippen molar-refractivity contribution in [1.82, 2.24) is 9.88 Å². The highest BCUT2D eigenvalue weighted by atomic mass is 32.1. The Morgan fingerprint density at radius 1 is 1.09 bits per heavy atom. The van der Waals surface area contributed by atoms with E-state index >= 15 is 0 Å². The van der Waals surface area contributed by atoms with E-state index in [9.17, 15) is 9.59 Å². The molecule has 1 fully saturated rings. The summed E-state index contributed by atoms with van der Waals surface area (Å²) in [7, 11) is 0. The SMILES string of the molecule is C[C@@H](c1ccccc1)N(CC(=O)Nc1ccc(-c2csc(N)n2)cc1)C(=O)C1CCCCC1. The summed E-state index contributed by atoms with van der Waals surface area (Å²) in [5, 5.41) is 5.38. The van der Waals surface area contributed by atoms with Gasteiger partial charge in [0.2, 0.25) is 11.8 Å². The van der Waals surface area contributed by atoms with E-state index in [4.69, 9.17) is 5.73 Å². The molecule has 172 valence electrons. The normalized spacial score (nSPS) is 15.1. The zero-order valence-electron chi connectivity index (χ0n) is 18.9. The number of hydrogen-bond donors (Lipinski definition) is 2. The van der Waals surface area contributed by atoms with Gasteiger partial charge in [-0.15, -0.1) is 11.3 Å². The Labute approximate surface area is 198 Å². The van der Waals surface area contributed by atoms with Crippen LogP contribution in [0.2, 0.25) is 0 Å². The number of hydrogen-bond acceptors (Lipinski definition) is 5. The number of nitrogens with two attached hydrogens (primary N) is 1. The number of benzene rings is 2. The fraction of sp³-hybridized carbons (Fsp3) is 0.346. The molecule has 0 radical (unpaired) electrons. The van der Waals surface area contributed by atoms with Crippen LogP contribution in [-0.4, -0.2) is 28.2 Å². The molecule has 2 aromatic carbocycles. The van der Waals surface area contributed by atoms with Crippen LogP contribution in [0.5, 0.6) is 0 Å². The van der Waals surface area contributed by atoms with Crippen LogP contribution < -0.4 is 11.1 Å². The lowest BCUT2D eigenvalue weighted by molar-refractivity contribution is -0.141. The molecule has 0 spiro atoms. The van der Waals surface area contributed by atoms with Crippen molar-refractivity contribution in [1.29, 1.82) is 0 Å². The molecule has 3 aromatic rings. The van der Waals surface area contributed by atoms with E-state index in [0.717, 1.165) is 42.5 Å². The van der Waals surface area contributed by atoms with Gasteiger partial charge in [0.15, 0.2) is 5.13 Å². The van der Waals surface area contributed by atoms with E-state index in [1.807, 2.05) is 66.9 Å². The molecular weight excluding hydrogens is 432 g/mol. The first kappa shape index (κ1) is 23.0. The minimum Gasteiger partial charge on any atom is -0.375 e. The molecule has 4 rings (SSSR count). The lowest BCUT2D eigenvalue weighted by Gasteiger charge is -2.33. The molecule has 0 aliphatic heterocycles. The zero-order chi connectivity index (χ0) is 23.2. The van der Waals surface area contributed by atoms with Crippen molar-refractivity contribution in [2.75, 3.05) is 17.6 Å². The van der Waals surface area contributed by atoms with Crippen LogP contribution in [0, 0.1) is 5.92 Å². The van der Waals surface area contributed by atoms with E-state index in [2.05, 4.69) is 10.3 Å². The summed E-state index contributed by atoms with van der Waals surface area (Å²) >= 11 is 1.40. The van der Waals surface area contributed by atoms with Gasteiger partial charge in [-0.1, -0.05) is 61.7 Å². The minimum atomic E-state index is -0.201. The molecule has 3 N–H and O–H groups in total. The van der Waals surface area contributed by atoms with Crippen LogP contribution in [0.25, 0.3) is 11.3 Å². The Morgan fingerprint density at radius 2 is 1.79 bits per heavy atom. The molecule has 1 saturated carbocycles. The molecule has 1 aromatic heterocycles. The van der Waals surface area contributed by atoms with Crippen LogP contribution in [-0.2, 0) is 9.59 Å². The number of carbonyl (C=O) groups excluding carboxylic acids is 2. The summed E-state index contributed by atoms with van der Waals surface area (Å²) in [5.41, 5.74) is 9.19. The number of rotatable bonds is 7. The van der Waals surface area contributed by atoms with Gasteiger partial charge in [-0.3, -0.25) is 9.59 Å². The van der Waals surface area contributed by atoms with Crippen molar-refractivity contribution in [2.24, 2.45) is 5.92 Å². The molecule has 1 aliphatic carbocycles. The third-order valence-corrected chi connectivity index (χ3v) is 6.96. The highest BCUT2D eigenvalue weighted by Gasteiger charge is 2.30. The molecule has 0 unspecified atom stereocenters. The van der Waals surface area contributed by atoms with Crippen LogP contribution in [0.3, 0.4) is 0 Å². The van der Waals surface area contributed by atoms with Gasteiger partial charge in [0, 0.05) is 22.5 Å². The lowest BCUT2D eigenvalue weighted by atomic mass is 9.87. The Bertz CT molecular complexity index is 1080. The quantitative estimate of drug-likeness (QED) is 0.485. The number of carbonyl (C=O) groups is 2. The van der Waals surface area contributed by atoms with Crippen molar-refractivity contribution in [2.45, 2.75) is 45.1 Å². The molecule has 7 heteroatoms. The molecule has 1 atom stereocenters. The Morgan fingerprint density at radius 3 is 2.42 bits per heavy atom. The summed E-state index contributed by atoms with van der Waals surface area (Å²) in [5.74, 6) is -0.118. The van der Waals surface area contributed by atoms with Gasteiger partial charge in [-0.25, -0.2) is 4.98 Å². The van der Waals surface area contributed by atoms with Gasteiger partial charge >= 0.3 is 0 Å². The maximum absolute atomic E-state index is 13.4. The molecule has 6 nitrogen and oxygen atoms in total. The van der Waals surface area contributed by atoms with Gasteiger partial charge in [-0.05, 0) is 37.5 Å². The summed E-state index contributed by atoms with van der Waals surface area (Å²) in [6.45, 7) is 2.02. The molecule has 1 heterocycles. The van der Waals surface area contributed by atoms with Crippen molar-refractivity contribution >= 4 is 34.0 Å². The van der Waals surface area contributed by atoms with E-state index < -0.39 is 0 Å². The highest BCUT2D eigenvalue weighted by molar-refractivity contribution is 7.13. The number of nitrogens with zero attached hydrogens (tertiary/aromatic N) is 2. The van der Waals surface area contributed by atoms with Crippen molar-refractivity contribution < 1.29 is 9.59 Å². The predicted octanol–water partition coefficient (Wildman–Crippen LogP) is 5.50. The summed E-state index contributed by atoms with van der Waals surface area (Å²) in [6, 6.07) is 17.2. The first-order valence-electron chi connectivity index (χ1n) is 11.5. The largest absolute Gasteiger partial charge is 0.375 e. The van der Waals surface area contributed by atoms with Gasteiger partial charge in [-0.2, -0.15) is 0 Å². The molecule has 1 aliphatic rings. The maximum atomic E-state index is 13.4. The van der Waals surface area contributed by atoms with E-state index in [1.54, 1.807) is 4.90 Å². The number of nitrogens with one attached hydrogen (secondary N) is 1. The molecule has 0 saturated heterocycles. The smallest absolute Gasteiger partial charge is 0.244 e. The zero-order valence-corrected chi connectivity index (χ0v) is 19.7. The summed E-state index contributed by atoms with van der Waals surface area (Å²) in [6.07, 6.45) is 5.14. The Balaban J connectivity index is 1.46. The third kappa shape index (κ3) is 5.79.